The van der Waals surface area contributed by atoms with Crippen LogP contribution >= 0.6 is 0 Å². The topological polar surface area (TPSA) is 27.6 Å². The summed E-state index contributed by atoms with van der Waals surface area (Å²) in [7, 11) is 0. The lowest BCUT2D eigenvalue weighted by molar-refractivity contribution is 0.0623. The van der Waals surface area contributed by atoms with Crippen LogP contribution in [0.25, 0.3) is 0 Å². The summed E-state index contributed by atoms with van der Waals surface area (Å²) in [6, 6.07) is 9.16. The van der Waals surface area contributed by atoms with Crippen LogP contribution in [0, 0.1) is 5.92 Å². The Morgan fingerprint density at radius 2 is 2.29 bits per heavy atom. The van der Waals surface area contributed by atoms with Crippen LogP contribution in [0.2, 0.25) is 0 Å². The molecule has 1 aromatic rings. The summed E-state index contributed by atoms with van der Waals surface area (Å²) >= 11 is 0. The van der Waals surface area contributed by atoms with Crippen molar-refractivity contribution < 1.29 is 0 Å². The second-order valence-corrected chi connectivity index (χ2v) is 5.83. The third kappa shape index (κ3) is 0.879. The van der Waals surface area contributed by atoms with Crippen LogP contribution < -0.4 is 5.43 Å². The number of piperidine rings is 1. The van der Waals surface area contributed by atoms with Crippen molar-refractivity contribution in [1.29, 1.82) is 0 Å². The van der Waals surface area contributed by atoms with Crippen molar-refractivity contribution in [2.24, 2.45) is 11.0 Å². The molecule has 1 aromatic carbocycles. The molecule has 3 unspecified atom stereocenters. The molecule has 1 N–H and O–H groups in total. The largest absolute Gasteiger partial charge is 0.288 e. The SMILES string of the molecule is c1ccc2c(c1)CC1C(=NN2)C2CC23CCN13. The molecule has 4 aliphatic rings. The molecule has 3 atom stereocenters. The second-order valence-electron chi connectivity index (χ2n) is 5.83. The molecule has 0 aromatic heterocycles. The van der Waals surface area contributed by atoms with Crippen LogP contribution in [0.5, 0.6) is 0 Å². The van der Waals surface area contributed by atoms with E-state index in [0.29, 0.717) is 11.6 Å². The lowest BCUT2D eigenvalue weighted by Crippen LogP contribution is -2.53. The average Bonchev–Trinajstić information content (AvgIpc) is 3.04. The van der Waals surface area contributed by atoms with Crippen LogP contribution in [0.4, 0.5) is 5.69 Å². The average molecular weight is 225 g/mol. The summed E-state index contributed by atoms with van der Waals surface area (Å²) < 4.78 is 0. The van der Waals surface area contributed by atoms with E-state index in [-0.39, 0.29) is 0 Å². The van der Waals surface area contributed by atoms with Gasteiger partial charge in [0.2, 0.25) is 0 Å². The fraction of sp³-hybridized carbons (Fsp3) is 0.500. The molecule has 3 heterocycles. The summed E-state index contributed by atoms with van der Waals surface area (Å²) in [6.45, 7) is 1.28. The highest BCUT2D eigenvalue weighted by Gasteiger charge is 2.72. The molecule has 1 saturated carbocycles. The molecule has 0 bridgehead atoms. The first-order valence-electron chi connectivity index (χ1n) is 6.57. The highest BCUT2D eigenvalue weighted by molar-refractivity contribution is 6.00. The van der Waals surface area contributed by atoms with Crippen molar-refractivity contribution in [3.05, 3.63) is 29.8 Å². The fourth-order valence-corrected chi connectivity index (χ4v) is 4.16. The molecule has 3 aliphatic heterocycles. The maximum Gasteiger partial charge on any atom is 0.0607 e. The zero-order valence-corrected chi connectivity index (χ0v) is 9.69. The van der Waals surface area contributed by atoms with Gasteiger partial charge in [-0.05, 0) is 30.9 Å². The molecular formula is C14H15N3. The molecule has 3 nitrogen and oxygen atoms in total. The molecule has 1 spiro atoms. The van der Waals surface area contributed by atoms with Crippen molar-refractivity contribution in [2.45, 2.75) is 30.8 Å². The Balaban J connectivity index is 1.62. The molecule has 5 rings (SSSR count). The van der Waals surface area contributed by atoms with Crippen LogP contribution in [0.15, 0.2) is 29.4 Å². The van der Waals surface area contributed by atoms with E-state index >= 15 is 0 Å². The minimum Gasteiger partial charge on any atom is -0.288 e. The summed E-state index contributed by atoms with van der Waals surface area (Å²) in [5.74, 6) is 0.767. The van der Waals surface area contributed by atoms with Gasteiger partial charge in [0.1, 0.15) is 0 Å². The highest BCUT2D eigenvalue weighted by atomic mass is 15.4. The Morgan fingerprint density at radius 3 is 3.18 bits per heavy atom. The van der Waals surface area contributed by atoms with Gasteiger partial charge >= 0.3 is 0 Å². The van der Waals surface area contributed by atoms with Crippen LogP contribution in [0.3, 0.4) is 0 Å². The van der Waals surface area contributed by atoms with Crippen molar-refractivity contribution in [1.82, 2.24) is 4.90 Å². The van der Waals surface area contributed by atoms with Gasteiger partial charge in [-0.15, -0.1) is 0 Å². The Bertz CT molecular complexity index is 550. The number of fused-ring (bicyclic) bond motifs is 4. The summed E-state index contributed by atoms with van der Waals surface area (Å²) in [6.07, 6.45) is 3.90. The number of hydrogen-bond donors (Lipinski definition) is 1. The first kappa shape index (κ1) is 8.70. The number of anilines is 1. The number of rotatable bonds is 0. The Hall–Kier alpha value is -1.35. The van der Waals surface area contributed by atoms with Crippen molar-refractivity contribution >= 4 is 11.4 Å². The smallest absolute Gasteiger partial charge is 0.0607 e. The quantitative estimate of drug-likeness (QED) is 0.729. The number of hydrogen-bond acceptors (Lipinski definition) is 3. The van der Waals surface area contributed by atoms with Crippen molar-refractivity contribution in [2.75, 3.05) is 12.0 Å². The number of nitrogens with one attached hydrogen (secondary N) is 1. The Morgan fingerprint density at radius 1 is 1.35 bits per heavy atom. The van der Waals surface area contributed by atoms with Crippen molar-refractivity contribution in [3.8, 4) is 0 Å². The first-order valence-corrected chi connectivity index (χ1v) is 6.57. The maximum absolute atomic E-state index is 4.71. The van der Waals surface area contributed by atoms with Gasteiger partial charge in [-0.25, -0.2) is 0 Å². The van der Waals surface area contributed by atoms with Crippen LogP contribution in [-0.4, -0.2) is 28.7 Å². The monoisotopic (exact) mass is 225 g/mol. The van der Waals surface area contributed by atoms with Gasteiger partial charge in [0, 0.05) is 18.0 Å². The molecular weight excluding hydrogens is 210 g/mol. The molecule has 17 heavy (non-hydrogen) atoms. The van der Waals surface area contributed by atoms with E-state index in [9.17, 15) is 0 Å². The van der Waals surface area contributed by atoms with Gasteiger partial charge in [-0.2, -0.15) is 5.10 Å². The van der Waals surface area contributed by atoms with E-state index < -0.39 is 0 Å². The maximum atomic E-state index is 4.71. The van der Waals surface area contributed by atoms with E-state index in [4.69, 9.17) is 5.10 Å². The standard InChI is InChI=1S/C14H15N3/c1-2-4-11-9(3-1)7-12-13(16-15-11)10-8-14(10)5-6-17(12)14/h1-4,10,12,15H,5-8H2. The third-order valence-corrected chi connectivity index (χ3v) is 5.21. The molecule has 3 heteroatoms. The van der Waals surface area contributed by atoms with Gasteiger partial charge in [-0.3, -0.25) is 10.3 Å². The normalized spacial score (nSPS) is 40.8. The lowest BCUT2D eigenvalue weighted by Gasteiger charge is -2.42. The van der Waals surface area contributed by atoms with Gasteiger partial charge in [0.15, 0.2) is 0 Å². The van der Waals surface area contributed by atoms with E-state index in [1.807, 2.05) is 0 Å². The summed E-state index contributed by atoms with van der Waals surface area (Å²) in [5.41, 5.74) is 7.89. The van der Waals surface area contributed by atoms with E-state index in [1.54, 1.807) is 0 Å². The molecule has 1 aliphatic carbocycles. The minimum atomic E-state index is 0.567. The molecule has 3 fully saturated rings. The zero-order chi connectivity index (χ0) is 11.0. The van der Waals surface area contributed by atoms with E-state index in [1.165, 1.54) is 36.3 Å². The van der Waals surface area contributed by atoms with Crippen LogP contribution in [-0.2, 0) is 6.42 Å². The molecule has 0 amide bonds. The van der Waals surface area contributed by atoms with Gasteiger partial charge < -0.3 is 0 Å². The first-order chi connectivity index (χ1) is 8.38. The lowest BCUT2D eigenvalue weighted by atomic mass is 9.97. The predicted octanol–water partition coefficient (Wildman–Crippen LogP) is 1.86. The Labute approximate surface area is 101 Å². The number of para-hydroxylation sites is 1. The van der Waals surface area contributed by atoms with E-state index in [2.05, 4.69) is 34.6 Å². The minimum absolute atomic E-state index is 0.567. The second kappa shape index (κ2) is 2.56. The number of nitrogens with zero attached hydrogens (tertiary/aromatic N) is 2. The van der Waals surface area contributed by atoms with Crippen molar-refractivity contribution in [3.63, 3.8) is 0 Å². The zero-order valence-electron chi connectivity index (χ0n) is 9.69. The van der Waals surface area contributed by atoms with Gasteiger partial charge in [0.25, 0.3) is 0 Å². The molecule has 2 saturated heterocycles. The van der Waals surface area contributed by atoms with Gasteiger partial charge in [-0.1, -0.05) is 18.2 Å². The molecule has 86 valence electrons. The Kier molecular flexibility index (Phi) is 1.31. The highest BCUT2D eigenvalue weighted by Crippen LogP contribution is 2.64. The number of benzene rings is 1. The summed E-state index contributed by atoms with van der Waals surface area (Å²) in [4.78, 5) is 2.71. The number of hydrazone groups is 1. The summed E-state index contributed by atoms with van der Waals surface area (Å²) in [5, 5.41) is 4.71. The third-order valence-electron chi connectivity index (χ3n) is 5.21. The van der Waals surface area contributed by atoms with Gasteiger partial charge in [0.05, 0.1) is 17.4 Å². The molecule has 0 radical (unpaired) electrons. The predicted molar refractivity (Wildman–Crippen MR) is 67.2 cm³/mol. The van der Waals surface area contributed by atoms with Crippen LogP contribution in [0.1, 0.15) is 18.4 Å². The van der Waals surface area contributed by atoms with E-state index in [0.717, 1.165) is 12.3 Å². The fourth-order valence-electron chi connectivity index (χ4n) is 4.16.